The van der Waals surface area contributed by atoms with Crippen LogP contribution in [-0.4, -0.2) is 62.9 Å². The van der Waals surface area contributed by atoms with Crippen LogP contribution < -0.4 is 32.1 Å². The lowest BCUT2D eigenvalue weighted by Gasteiger charge is -2.32. The number of aliphatic hydroxyl groups excluding tert-OH is 2. The van der Waals surface area contributed by atoms with Crippen LogP contribution in [0.4, 0.5) is 5.82 Å². The van der Waals surface area contributed by atoms with Crippen molar-refractivity contribution in [3.63, 3.8) is 0 Å². The van der Waals surface area contributed by atoms with E-state index in [1.807, 2.05) is 0 Å². The van der Waals surface area contributed by atoms with Crippen LogP contribution in [-0.2, 0) is 27.5 Å². The predicted octanol–water partition coefficient (Wildman–Crippen LogP) is -5.75. The highest BCUT2D eigenvalue weighted by atomic mass is 31.3. The molecular formula is C13H20N4O12P2-2. The zero-order valence-corrected chi connectivity index (χ0v) is 17.5. The first-order valence-corrected chi connectivity index (χ1v) is 11.8. The number of aliphatic hydroxyl groups is 2. The van der Waals surface area contributed by atoms with Gasteiger partial charge in [-0.3, -0.25) is 13.4 Å². The third kappa shape index (κ3) is 6.89. The van der Waals surface area contributed by atoms with E-state index in [9.17, 15) is 43.8 Å². The zero-order chi connectivity index (χ0) is 23.6. The number of nitrogen functional groups attached to an aromatic ring is 1. The molecule has 1 aromatic rings. The summed E-state index contributed by atoms with van der Waals surface area (Å²) in [5, 5.41) is 30.6. The lowest BCUT2D eigenvalue weighted by molar-refractivity contribution is -0.437. The van der Waals surface area contributed by atoms with Crippen molar-refractivity contribution in [3.8, 4) is 0 Å². The fraction of sp³-hybridized carbons (Fsp3) is 0.615. The zero-order valence-electron chi connectivity index (χ0n) is 15.7. The number of quaternary nitrogens is 1. The number of hydrogen-bond acceptors (Lipinski definition) is 14. The number of carbonyl (C=O) groups excluding carboxylic acids is 1. The van der Waals surface area contributed by atoms with Crippen molar-refractivity contribution in [1.82, 2.24) is 9.55 Å². The van der Waals surface area contributed by atoms with Gasteiger partial charge >= 0.3 is 5.69 Å². The van der Waals surface area contributed by atoms with Crippen LogP contribution >= 0.6 is 15.4 Å². The molecule has 16 nitrogen and oxygen atoms in total. The summed E-state index contributed by atoms with van der Waals surface area (Å²) in [4.78, 5) is 49.3. The second kappa shape index (κ2) is 9.83. The Morgan fingerprint density at radius 2 is 2.03 bits per heavy atom. The number of carbonyl (C=O) groups is 1. The first kappa shape index (κ1) is 25.5. The Hall–Kier alpha value is -1.71. The minimum Gasteiger partial charge on any atom is -0.778 e. The van der Waals surface area contributed by atoms with E-state index in [0.29, 0.717) is 0 Å². The Balaban J connectivity index is 1.98. The van der Waals surface area contributed by atoms with Crippen LogP contribution in [0.15, 0.2) is 17.1 Å². The van der Waals surface area contributed by atoms with Gasteiger partial charge in [0.25, 0.3) is 7.82 Å². The fourth-order valence-electron chi connectivity index (χ4n) is 2.53. The van der Waals surface area contributed by atoms with Gasteiger partial charge in [-0.05, 0) is 6.07 Å². The molecule has 7 atom stereocenters. The third-order valence-corrected chi connectivity index (χ3v) is 7.24. The van der Waals surface area contributed by atoms with Crippen LogP contribution in [0.2, 0.25) is 0 Å². The van der Waals surface area contributed by atoms with Gasteiger partial charge in [0.1, 0.15) is 37.8 Å². The summed E-state index contributed by atoms with van der Waals surface area (Å²) in [6.45, 7) is -0.969. The number of phosphoric ester groups is 1. The van der Waals surface area contributed by atoms with Gasteiger partial charge in [-0.15, -0.1) is 0 Å². The molecule has 0 spiro atoms. The predicted molar refractivity (Wildman–Crippen MR) is 92.3 cm³/mol. The van der Waals surface area contributed by atoms with E-state index in [2.05, 4.69) is 19.6 Å². The van der Waals surface area contributed by atoms with Gasteiger partial charge < -0.3 is 55.2 Å². The molecule has 1 aromatic heterocycles. The first-order chi connectivity index (χ1) is 14.2. The SMILES string of the molecule is Nc1ccn([C@@H]2O[C@H](COP(=O)([O-])OP(=O)([O-])CCC([NH3+])C(=O)[O-])[C@@H](O)[C@H]2O)c(=O)n1. The third-order valence-electron chi connectivity index (χ3n) is 4.17. The van der Waals surface area contributed by atoms with Gasteiger partial charge in [0.15, 0.2) is 6.23 Å². The highest BCUT2D eigenvalue weighted by Crippen LogP contribution is 2.55. The van der Waals surface area contributed by atoms with Crippen molar-refractivity contribution in [3.05, 3.63) is 22.7 Å². The number of hydrogen-bond donors (Lipinski definition) is 4. The summed E-state index contributed by atoms with van der Waals surface area (Å²) >= 11 is 0. The molecule has 0 bridgehead atoms. The molecule has 1 saturated heterocycles. The van der Waals surface area contributed by atoms with Crippen molar-refractivity contribution in [2.75, 3.05) is 18.5 Å². The minimum atomic E-state index is -5.48. The van der Waals surface area contributed by atoms with Crippen molar-refractivity contribution in [2.45, 2.75) is 37.0 Å². The summed E-state index contributed by atoms with van der Waals surface area (Å²) < 4.78 is 37.9. The molecule has 1 aliphatic rings. The number of anilines is 1. The van der Waals surface area contributed by atoms with E-state index < -0.39 is 76.8 Å². The standard InChI is InChI=1S/C13H22N4O12P2/c14-6(12(20)21)2-4-30(23,24)29-31(25,26)27-5-7-9(18)10(19)11(28-7)17-3-1-8(15)16-13(17)22/h1,3,6-7,9-11,18-19H,2,4-5,14H2,(H,20,21)(H,23,24)(H,25,26)(H2,15,16,22)/p-2/t6?,7-,9-,10-,11-/m1/s1. The van der Waals surface area contributed by atoms with Crippen LogP contribution in [0, 0.1) is 0 Å². The number of aromatic nitrogens is 2. The highest BCUT2D eigenvalue weighted by molar-refractivity contribution is 7.62. The topological polar surface area (TPSA) is 277 Å². The van der Waals surface area contributed by atoms with Gasteiger partial charge in [-0.2, -0.15) is 4.98 Å². The normalized spacial score (nSPS) is 28.5. The smallest absolute Gasteiger partial charge is 0.351 e. The summed E-state index contributed by atoms with van der Waals surface area (Å²) in [6, 6.07) is -0.194. The second-order valence-corrected chi connectivity index (χ2v) is 10.0. The second-order valence-electron chi connectivity index (χ2n) is 6.55. The lowest BCUT2D eigenvalue weighted by Crippen LogP contribution is -2.68. The Morgan fingerprint density at radius 3 is 2.61 bits per heavy atom. The van der Waals surface area contributed by atoms with Crippen molar-refractivity contribution < 1.29 is 58.3 Å². The van der Waals surface area contributed by atoms with Crippen LogP contribution in [0.3, 0.4) is 0 Å². The summed E-state index contributed by atoms with van der Waals surface area (Å²) in [5.41, 5.74) is 7.56. The van der Waals surface area contributed by atoms with E-state index >= 15 is 0 Å². The van der Waals surface area contributed by atoms with Gasteiger partial charge in [-0.1, -0.05) is 0 Å². The van der Waals surface area contributed by atoms with E-state index in [1.165, 1.54) is 6.07 Å². The molecular weight excluding hydrogens is 466 g/mol. The quantitative estimate of drug-likeness (QED) is 0.224. The molecule has 2 heterocycles. The molecule has 18 heteroatoms. The maximum absolute atomic E-state index is 11.9. The number of nitrogens with two attached hydrogens (primary N) is 1. The van der Waals surface area contributed by atoms with E-state index in [-0.39, 0.29) is 5.82 Å². The number of aliphatic carboxylic acids is 1. The number of phosphoric acid groups is 1. The Bertz CT molecular complexity index is 957. The molecule has 3 unspecified atom stereocenters. The number of nitrogens with zero attached hydrogens (tertiary/aromatic N) is 2. The molecule has 1 aliphatic heterocycles. The lowest BCUT2D eigenvalue weighted by atomic mass is 10.1. The molecule has 0 amide bonds. The number of rotatable bonds is 10. The van der Waals surface area contributed by atoms with Crippen LogP contribution in [0.1, 0.15) is 12.6 Å². The number of carboxylic acid groups (broad SMARTS) is 1. The number of carboxylic acids is 1. The van der Waals surface area contributed by atoms with Crippen molar-refractivity contribution in [1.29, 1.82) is 0 Å². The highest BCUT2D eigenvalue weighted by Gasteiger charge is 2.44. The Kier molecular flexibility index (Phi) is 8.10. The Labute approximate surface area is 174 Å². The average Bonchev–Trinajstić information content (AvgIpc) is 2.92. The molecule has 0 radical (unpaired) electrons. The molecule has 1 fully saturated rings. The minimum absolute atomic E-state index is 0.106. The van der Waals surface area contributed by atoms with Gasteiger partial charge in [0.2, 0.25) is 0 Å². The van der Waals surface area contributed by atoms with Crippen LogP contribution in [0.5, 0.6) is 0 Å². The average molecular weight is 486 g/mol. The molecule has 7 N–H and O–H groups in total. The first-order valence-electron chi connectivity index (χ1n) is 8.59. The molecule has 176 valence electrons. The Morgan fingerprint density at radius 1 is 1.39 bits per heavy atom. The van der Waals surface area contributed by atoms with Gasteiger partial charge in [-0.25, -0.2) is 4.79 Å². The largest absolute Gasteiger partial charge is 0.778 e. The summed E-state index contributed by atoms with van der Waals surface area (Å²) in [6.07, 6.45) is -6.76. The van der Waals surface area contributed by atoms with Crippen LogP contribution in [0.25, 0.3) is 0 Å². The van der Waals surface area contributed by atoms with Gasteiger partial charge in [0.05, 0.1) is 12.6 Å². The van der Waals surface area contributed by atoms with Crippen molar-refractivity contribution >= 4 is 27.2 Å². The molecule has 0 aliphatic carbocycles. The summed E-state index contributed by atoms with van der Waals surface area (Å²) in [7, 11) is -10.6. The van der Waals surface area contributed by atoms with E-state index in [4.69, 9.17) is 10.5 Å². The molecule has 2 rings (SSSR count). The molecule has 0 saturated carbocycles. The maximum Gasteiger partial charge on any atom is 0.351 e. The fourth-order valence-corrected chi connectivity index (χ4v) is 5.22. The molecule has 31 heavy (non-hydrogen) atoms. The maximum atomic E-state index is 11.9. The van der Waals surface area contributed by atoms with Gasteiger partial charge in [0, 0.05) is 18.8 Å². The summed E-state index contributed by atoms with van der Waals surface area (Å²) in [5.74, 6) is -1.73. The van der Waals surface area contributed by atoms with E-state index in [1.54, 1.807) is 0 Å². The van der Waals surface area contributed by atoms with E-state index in [0.717, 1.165) is 10.8 Å². The van der Waals surface area contributed by atoms with Crippen molar-refractivity contribution in [2.24, 2.45) is 0 Å². The number of ether oxygens (including phenoxy) is 1. The molecule has 0 aromatic carbocycles. The monoisotopic (exact) mass is 486 g/mol.